The Morgan fingerprint density at radius 2 is 2.27 bits per heavy atom. The molecule has 84 valence electrons. The first-order valence-corrected chi connectivity index (χ1v) is 6.01. The Balaban J connectivity index is 2.67. The molecule has 0 bridgehead atoms. The zero-order valence-corrected chi connectivity index (χ0v) is 9.72. The van der Waals surface area contributed by atoms with Crippen molar-refractivity contribution in [2.45, 2.75) is 23.5 Å². The summed E-state index contributed by atoms with van der Waals surface area (Å²) in [4.78, 5) is 0.540. The van der Waals surface area contributed by atoms with Crippen LogP contribution in [0, 0.1) is 5.82 Å². The first kappa shape index (κ1) is 12.3. The molecular formula is C11H15FO2S. The van der Waals surface area contributed by atoms with Crippen LogP contribution in [0.1, 0.15) is 13.3 Å². The van der Waals surface area contributed by atoms with Crippen LogP contribution in [0.2, 0.25) is 0 Å². The molecule has 1 rings (SSSR count). The first-order valence-electron chi connectivity index (χ1n) is 4.80. The van der Waals surface area contributed by atoms with Crippen LogP contribution < -0.4 is 0 Å². The van der Waals surface area contributed by atoms with Crippen molar-refractivity contribution in [1.29, 1.82) is 0 Å². The summed E-state index contributed by atoms with van der Waals surface area (Å²) in [6.07, 6.45) is 0.708. The van der Waals surface area contributed by atoms with E-state index in [2.05, 4.69) is 0 Å². The number of hydrogen-bond donors (Lipinski definition) is 0. The first-order chi connectivity index (χ1) is 7.15. The highest BCUT2D eigenvalue weighted by atomic mass is 32.2. The van der Waals surface area contributed by atoms with E-state index in [1.54, 1.807) is 19.2 Å². The van der Waals surface area contributed by atoms with Gasteiger partial charge in [-0.2, -0.15) is 0 Å². The van der Waals surface area contributed by atoms with Gasteiger partial charge < -0.3 is 4.74 Å². The Labute approximate surface area is 91.9 Å². The molecule has 0 aromatic heterocycles. The molecule has 4 heteroatoms. The van der Waals surface area contributed by atoms with E-state index in [9.17, 15) is 8.60 Å². The number of rotatable bonds is 5. The summed E-state index contributed by atoms with van der Waals surface area (Å²) in [5, 5.41) is -0.0215. The third kappa shape index (κ3) is 3.72. The van der Waals surface area contributed by atoms with E-state index in [0.717, 1.165) is 0 Å². The summed E-state index contributed by atoms with van der Waals surface area (Å²) in [5.41, 5.74) is 0. The largest absolute Gasteiger partial charge is 0.385 e. The van der Waals surface area contributed by atoms with Gasteiger partial charge in [0.2, 0.25) is 0 Å². The van der Waals surface area contributed by atoms with Gasteiger partial charge in [0.25, 0.3) is 0 Å². The summed E-state index contributed by atoms with van der Waals surface area (Å²) < 4.78 is 29.7. The number of halogens is 1. The fourth-order valence-electron chi connectivity index (χ4n) is 1.22. The van der Waals surface area contributed by atoms with Gasteiger partial charge in [-0.15, -0.1) is 0 Å². The second-order valence-corrected chi connectivity index (χ2v) is 5.22. The molecule has 0 radical (unpaired) electrons. The van der Waals surface area contributed by atoms with Gasteiger partial charge in [-0.1, -0.05) is 13.0 Å². The molecule has 0 spiro atoms. The molecule has 0 saturated heterocycles. The molecule has 1 aromatic rings. The lowest BCUT2D eigenvalue weighted by molar-refractivity contribution is 0.195. The molecule has 15 heavy (non-hydrogen) atoms. The molecule has 2 unspecified atom stereocenters. The summed E-state index contributed by atoms with van der Waals surface area (Å²) in [7, 11) is 0.449. The van der Waals surface area contributed by atoms with Gasteiger partial charge in [0.05, 0.1) is 10.8 Å². The lowest BCUT2D eigenvalue weighted by Crippen LogP contribution is -2.13. The fraction of sp³-hybridized carbons (Fsp3) is 0.455. The van der Waals surface area contributed by atoms with Crippen LogP contribution in [-0.4, -0.2) is 23.2 Å². The highest BCUT2D eigenvalue weighted by Gasteiger charge is 2.13. The summed E-state index contributed by atoms with van der Waals surface area (Å²) >= 11 is 0. The quantitative estimate of drug-likeness (QED) is 0.776. The van der Waals surface area contributed by atoms with Crippen molar-refractivity contribution >= 4 is 10.8 Å². The van der Waals surface area contributed by atoms with E-state index in [0.29, 0.717) is 17.9 Å². The maximum atomic E-state index is 12.9. The Morgan fingerprint density at radius 3 is 2.87 bits per heavy atom. The molecule has 2 atom stereocenters. The van der Waals surface area contributed by atoms with Crippen molar-refractivity contribution < 1.29 is 13.3 Å². The molecule has 1 aromatic carbocycles. The van der Waals surface area contributed by atoms with Gasteiger partial charge in [0.15, 0.2) is 0 Å². The van der Waals surface area contributed by atoms with Crippen molar-refractivity contribution in [3.8, 4) is 0 Å². The molecule has 0 aliphatic heterocycles. The third-order valence-electron chi connectivity index (χ3n) is 2.12. The Morgan fingerprint density at radius 1 is 1.53 bits per heavy atom. The predicted octanol–water partition coefficient (Wildman–Crippen LogP) is 2.36. The molecule has 2 nitrogen and oxygen atoms in total. The fourth-order valence-corrected chi connectivity index (χ4v) is 2.43. The Hall–Kier alpha value is -0.740. The lowest BCUT2D eigenvalue weighted by Gasteiger charge is -2.10. The molecule has 0 fully saturated rings. The summed E-state index contributed by atoms with van der Waals surface area (Å²) in [6.45, 7) is 2.45. The van der Waals surface area contributed by atoms with Crippen molar-refractivity contribution in [1.82, 2.24) is 0 Å². The number of methoxy groups -OCH3 is 1. The van der Waals surface area contributed by atoms with Crippen LogP contribution in [0.15, 0.2) is 29.2 Å². The minimum Gasteiger partial charge on any atom is -0.385 e. The number of hydrogen-bond acceptors (Lipinski definition) is 2. The van der Waals surface area contributed by atoms with Crippen LogP contribution in [0.3, 0.4) is 0 Å². The smallest absolute Gasteiger partial charge is 0.124 e. The van der Waals surface area contributed by atoms with Crippen LogP contribution in [0.25, 0.3) is 0 Å². The van der Waals surface area contributed by atoms with E-state index in [1.807, 2.05) is 6.92 Å². The van der Waals surface area contributed by atoms with E-state index >= 15 is 0 Å². The van der Waals surface area contributed by atoms with Gasteiger partial charge in [0, 0.05) is 23.9 Å². The standard InChI is InChI=1S/C11H15FO2S/c1-9(6-7-14-2)15(13)11-5-3-4-10(12)8-11/h3-5,8-9H,6-7H2,1-2H3. The average Bonchev–Trinajstić information content (AvgIpc) is 2.24. The van der Waals surface area contributed by atoms with Crippen LogP contribution in [-0.2, 0) is 15.5 Å². The summed E-state index contributed by atoms with van der Waals surface area (Å²) in [6, 6.07) is 5.92. The minimum atomic E-state index is -1.16. The SMILES string of the molecule is COCCC(C)S(=O)c1cccc(F)c1. The van der Waals surface area contributed by atoms with Crippen LogP contribution >= 0.6 is 0 Å². The Kier molecular flexibility index (Phi) is 4.91. The van der Waals surface area contributed by atoms with E-state index in [4.69, 9.17) is 4.74 Å². The third-order valence-corrected chi connectivity index (χ3v) is 3.81. The zero-order valence-electron chi connectivity index (χ0n) is 8.90. The average molecular weight is 230 g/mol. The van der Waals surface area contributed by atoms with Gasteiger partial charge >= 0.3 is 0 Å². The highest BCUT2D eigenvalue weighted by Crippen LogP contribution is 2.14. The summed E-state index contributed by atoms with van der Waals surface area (Å²) in [5.74, 6) is -0.347. The van der Waals surface area contributed by atoms with Gasteiger partial charge in [-0.25, -0.2) is 4.39 Å². The predicted molar refractivity (Wildman–Crippen MR) is 58.8 cm³/mol. The van der Waals surface area contributed by atoms with E-state index in [-0.39, 0.29) is 11.1 Å². The monoisotopic (exact) mass is 230 g/mol. The molecule has 0 aliphatic rings. The van der Waals surface area contributed by atoms with Gasteiger partial charge in [0.1, 0.15) is 5.82 Å². The van der Waals surface area contributed by atoms with Gasteiger partial charge in [-0.3, -0.25) is 4.21 Å². The van der Waals surface area contributed by atoms with Crippen LogP contribution in [0.4, 0.5) is 4.39 Å². The molecular weight excluding hydrogens is 215 g/mol. The van der Waals surface area contributed by atoms with Gasteiger partial charge in [-0.05, 0) is 24.6 Å². The molecule has 0 saturated carbocycles. The normalized spacial score (nSPS) is 14.9. The second-order valence-electron chi connectivity index (χ2n) is 3.35. The minimum absolute atomic E-state index is 0.0215. The van der Waals surface area contributed by atoms with Crippen molar-refractivity contribution in [2.75, 3.05) is 13.7 Å². The number of ether oxygens (including phenoxy) is 1. The zero-order chi connectivity index (χ0) is 11.3. The molecule has 0 N–H and O–H groups in total. The van der Waals surface area contributed by atoms with E-state index < -0.39 is 10.8 Å². The van der Waals surface area contributed by atoms with Crippen molar-refractivity contribution in [3.05, 3.63) is 30.1 Å². The molecule has 0 aliphatic carbocycles. The lowest BCUT2D eigenvalue weighted by atomic mass is 10.3. The molecule has 0 heterocycles. The molecule has 0 amide bonds. The number of benzene rings is 1. The topological polar surface area (TPSA) is 26.3 Å². The maximum Gasteiger partial charge on any atom is 0.124 e. The van der Waals surface area contributed by atoms with E-state index in [1.165, 1.54) is 12.1 Å². The maximum absolute atomic E-state index is 12.9. The van der Waals surface area contributed by atoms with Crippen LogP contribution in [0.5, 0.6) is 0 Å². The van der Waals surface area contributed by atoms with Crippen molar-refractivity contribution in [3.63, 3.8) is 0 Å². The second kappa shape index (κ2) is 5.98. The highest BCUT2D eigenvalue weighted by molar-refractivity contribution is 7.85. The van der Waals surface area contributed by atoms with Crippen molar-refractivity contribution in [2.24, 2.45) is 0 Å². The Bertz CT molecular complexity index is 341.